The first-order valence-corrected chi connectivity index (χ1v) is 7.06. The minimum Gasteiger partial charge on any atom is -0.493 e. The molecule has 0 unspecified atom stereocenters. The molecule has 0 spiro atoms. The molecule has 0 saturated heterocycles. The van der Waals surface area contributed by atoms with Crippen molar-refractivity contribution in [3.8, 4) is 11.4 Å². The fraction of sp³-hybridized carbons (Fsp3) is 0.235. The van der Waals surface area contributed by atoms with Gasteiger partial charge in [-0.25, -0.2) is 4.68 Å². The molecule has 0 atom stereocenters. The van der Waals surface area contributed by atoms with Crippen LogP contribution in [-0.4, -0.2) is 16.4 Å². The molecule has 20 heavy (non-hydrogen) atoms. The molecule has 1 aliphatic rings. The van der Waals surface area contributed by atoms with E-state index in [4.69, 9.17) is 4.74 Å². The Morgan fingerprint density at radius 3 is 2.75 bits per heavy atom. The first-order chi connectivity index (χ1) is 9.88. The summed E-state index contributed by atoms with van der Waals surface area (Å²) < 4.78 is 7.72. The van der Waals surface area contributed by atoms with Crippen molar-refractivity contribution in [2.75, 3.05) is 6.61 Å². The SMILES string of the molecule is c1ccc(-n2cc3ccc(OCC4CC4)cc3n2)cc1. The maximum absolute atomic E-state index is 5.80. The van der Waals surface area contributed by atoms with Gasteiger partial charge in [-0.3, -0.25) is 0 Å². The molecule has 1 fully saturated rings. The van der Waals surface area contributed by atoms with E-state index in [1.807, 2.05) is 35.0 Å². The number of para-hydroxylation sites is 1. The van der Waals surface area contributed by atoms with E-state index in [1.165, 1.54) is 12.8 Å². The van der Waals surface area contributed by atoms with Gasteiger partial charge in [0.1, 0.15) is 5.75 Å². The maximum atomic E-state index is 5.80. The van der Waals surface area contributed by atoms with Crippen LogP contribution >= 0.6 is 0 Å². The number of fused-ring (bicyclic) bond motifs is 1. The van der Waals surface area contributed by atoms with Crippen molar-refractivity contribution < 1.29 is 4.74 Å². The van der Waals surface area contributed by atoms with E-state index in [1.54, 1.807) is 0 Å². The third kappa shape index (κ3) is 2.27. The molecular weight excluding hydrogens is 248 g/mol. The van der Waals surface area contributed by atoms with Gasteiger partial charge in [0, 0.05) is 17.6 Å². The Kier molecular flexibility index (Phi) is 2.69. The molecule has 100 valence electrons. The van der Waals surface area contributed by atoms with Gasteiger partial charge >= 0.3 is 0 Å². The predicted octanol–water partition coefficient (Wildman–Crippen LogP) is 3.81. The number of rotatable bonds is 4. The van der Waals surface area contributed by atoms with E-state index in [2.05, 4.69) is 29.5 Å². The Bertz CT molecular complexity index is 729. The lowest BCUT2D eigenvalue weighted by atomic mass is 10.2. The second kappa shape index (κ2) is 4.67. The third-order valence-electron chi connectivity index (χ3n) is 3.68. The molecule has 0 aliphatic heterocycles. The summed E-state index contributed by atoms with van der Waals surface area (Å²) in [4.78, 5) is 0. The van der Waals surface area contributed by atoms with Gasteiger partial charge in [0.25, 0.3) is 0 Å². The van der Waals surface area contributed by atoms with Crippen LogP contribution in [0.2, 0.25) is 0 Å². The first-order valence-electron chi connectivity index (χ1n) is 7.06. The lowest BCUT2D eigenvalue weighted by Gasteiger charge is -2.03. The predicted molar refractivity (Wildman–Crippen MR) is 79.3 cm³/mol. The van der Waals surface area contributed by atoms with Crippen LogP contribution < -0.4 is 4.74 Å². The molecule has 3 aromatic rings. The summed E-state index contributed by atoms with van der Waals surface area (Å²) in [5.41, 5.74) is 2.05. The van der Waals surface area contributed by atoms with Crippen molar-refractivity contribution >= 4 is 10.9 Å². The molecule has 0 radical (unpaired) electrons. The summed E-state index contributed by atoms with van der Waals surface area (Å²) in [6.07, 6.45) is 4.67. The van der Waals surface area contributed by atoms with Crippen molar-refractivity contribution in [2.24, 2.45) is 5.92 Å². The monoisotopic (exact) mass is 264 g/mol. The van der Waals surface area contributed by atoms with Gasteiger partial charge in [0.2, 0.25) is 0 Å². The highest BCUT2D eigenvalue weighted by molar-refractivity contribution is 5.80. The Hall–Kier alpha value is -2.29. The minimum atomic E-state index is 0.771. The van der Waals surface area contributed by atoms with Crippen LogP contribution in [0.1, 0.15) is 12.8 Å². The Labute approximate surface area is 117 Å². The fourth-order valence-corrected chi connectivity index (χ4v) is 2.30. The summed E-state index contributed by atoms with van der Waals surface area (Å²) in [7, 11) is 0. The molecule has 1 aromatic heterocycles. The van der Waals surface area contributed by atoms with Crippen LogP contribution in [-0.2, 0) is 0 Å². The van der Waals surface area contributed by atoms with E-state index < -0.39 is 0 Å². The number of nitrogens with zero attached hydrogens (tertiary/aromatic N) is 2. The molecule has 1 aliphatic carbocycles. The van der Waals surface area contributed by atoms with Crippen molar-refractivity contribution in [1.29, 1.82) is 0 Å². The minimum absolute atomic E-state index is 0.771. The lowest BCUT2D eigenvalue weighted by molar-refractivity contribution is 0.300. The molecule has 1 saturated carbocycles. The van der Waals surface area contributed by atoms with Gasteiger partial charge in [-0.1, -0.05) is 18.2 Å². The molecule has 1 heterocycles. The Balaban J connectivity index is 1.64. The van der Waals surface area contributed by atoms with Crippen LogP contribution in [0.4, 0.5) is 0 Å². The van der Waals surface area contributed by atoms with Crippen molar-refractivity contribution in [3.63, 3.8) is 0 Å². The van der Waals surface area contributed by atoms with Crippen LogP contribution in [0.3, 0.4) is 0 Å². The number of hydrogen-bond acceptors (Lipinski definition) is 2. The third-order valence-corrected chi connectivity index (χ3v) is 3.68. The highest BCUT2D eigenvalue weighted by Gasteiger charge is 2.21. The van der Waals surface area contributed by atoms with Crippen molar-refractivity contribution in [1.82, 2.24) is 9.78 Å². The topological polar surface area (TPSA) is 27.1 Å². The zero-order valence-corrected chi connectivity index (χ0v) is 11.2. The number of ether oxygens (including phenoxy) is 1. The number of benzene rings is 2. The molecule has 4 rings (SSSR count). The van der Waals surface area contributed by atoms with Gasteiger partial charge in [-0.2, -0.15) is 5.10 Å². The summed E-state index contributed by atoms with van der Waals surface area (Å²) in [5.74, 6) is 1.69. The molecular formula is C17H16N2O. The lowest BCUT2D eigenvalue weighted by Crippen LogP contribution is -1.98. The summed E-state index contributed by atoms with van der Waals surface area (Å²) in [6, 6.07) is 16.3. The van der Waals surface area contributed by atoms with Crippen LogP contribution in [0, 0.1) is 5.92 Å². The number of aromatic nitrogens is 2. The van der Waals surface area contributed by atoms with E-state index in [0.717, 1.165) is 34.9 Å². The van der Waals surface area contributed by atoms with E-state index >= 15 is 0 Å². The van der Waals surface area contributed by atoms with E-state index in [0.29, 0.717) is 0 Å². The van der Waals surface area contributed by atoms with E-state index in [-0.39, 0.29) is 0 Å². The normalized spacial score (nSPS) is 14.6. The van der Waals surface area contributed by atoms with Crippen molar-refractivity contribution in [3.05, 3.63) is 54.7 Å². The van der Waals surface area contributed by atoms with Crippen LogP contribution in [0.15, 0.2) is 54.7 Å². The molecule has 3 heteroatoms. The Morgan fingerprint density at radius 2 is 1.95 bits per heavy atom. The standard InChI is InChI=1S/C17H16N2O/c1-2-4-15(5-3-1)19-11-14-8-9-16(10-17(14)18-19)20-12-13-6-7-13/h1-5,8-11,13H,6-7,12H2. The molecule has 0 amide bonds. The largest absolute Gasteiger partial charge is 0.493 e. The van der Waals surface area contributed by atoms with Crippen LogP contribution in [0.25, 0.3) is 16.6 Å². The highest BCUT2D eigenvalue weighted by Crippen LogP contribution is 2.30. The first kappa shape index (κ1) is 11.5. The second-order valence-electron chi connectivity index (χ2n) is 5.38. The van der Waals surface area contributed by atoms with Gasteiger partial charge in [0.15, 0.2) is 0 Å². The van der Waals surface area contributed by atoms with Gasteiger partial charge < -0.3 is 4.74 Å². The summed E-state index contributed by atoms with van der Waals surface area (Å²) >= 11 is 0. The molecule has 3 nitrogen and oxygen atoms in total. The van der Waals surface area contributed by atoms with Crippen LogP contribution in [0.5, 0.6) is 5.75 Å². The average molecular weight is 264 g/mol. The average Bonchev–Trinajstić information content (AvgIpc) is 3.23. The Morgan fingerprint density at radius 1 is 1.10 bits per heavy atom. The highest BCUT2D eigenvalue weighted by atomic mass is 16.5. The number of hydrogen-bond donors (Lipinski definition) is 0. The zero-order chi connectivity index (χ0) is 13.4. The quantitative estimate of drug-likeness (QED) is 0.716. The molecule has 2 aromatic carbocycles. The smallest absolute Gasteiger partial charge is 0.121 e. The molecule has 0 bridgehead atoms. The summed E-state index contributed by atoms with van der Waals surface area (Å²) in [6.45, 7) is 0.838. The second-order valence-corrected chi connectivity index (χ2v) is 5.38. The zero-order valence-electron chi connectivity index (χ0n) is 11.2. The maximum Gasteiger partial charge on any atom is 0.121 e. The fourth-order valence-electron chi connectivity index (χ4n) is 2.30. The van der Waals surface area contributed by atoms with Gasteiger partial charge in [-0.15, -0.1) is 0 Å². The van der Waals surface area contributed by atoms with Gasteiger partial charge in [0.05, 0.1) is 17.8 Å². The van der Waals surface area contributed by atoms with Crippen molar-refractivity contribution in [2.45, 2.75) is 12.8 Å². The van der Waals surface area contributed by atoms with E-state index in [9.17, 15) is 0 Å². The summed E-state index contributed by atoms with van der Waals surface area (Å²) in [5, 5.41) is 5.76. The van der Waals surface area contributed by atoms with Gasteiger partial charge in [-0.05, 0) is 43.0 Å². The molecule has 0 N–H and O–H groups in total.